The number of amides is 1. The maximum atomic E-state index is 12.0. The molecule has 138 valence electrons. The monoisotopic (exact) mass is 361 g/mol. The first-order valence-corrected chi connectivity index (χ1v) is 7.77. The summed E-state index contributed by atoms with van der Waals surface area (Å²) in [5.74, 6) is -1.19. The van der Waals surface area contributed by atoms with Crippen molar-refractivity contribution in [2.75, 3.05) is 11.9 Å². The van der Waals surface area contributed by atoms with Crippen LogP contribution in [0.5, 0.6) is 0 Å². The second-order valence-corrected chi connectivity index (χ2v) is 6.71. The van der Waals surface area contributed by atoms with Crippen molar-refractivity contribution in [1.29, 1.82) is 0 Å². The van der Waals surface area contributed by atoms with Gasteiger partial charge in [0.25, 0.3) is 11.6 Å². The van der Waals surface area contributed by atoms with Gasteiger partial charge >= 0.3 is 5.97 Å². The fraction of sp³-hybridized carbons (Fsp3) is 0.353. The van der Waals surface area contributed by atoms with E-state index in [2.05, 4.69) is 10.5 Å². The van der Waals surface area contributed by atoms with E-state index in [-0.39, 0.29) is 22.6 Å². The lowest BCUT2D eigenvalue weighted by Crippen LogP contribution is -2.20. The van der Waals surface area contributed by atoms with Crippen LogP contribution in [-0.2, 0) is 14.9 Å². The van der Waals surface area contributed by atoms with Gasteiger partial charge in [0.15, 0.2) is 6.61 Å². The molecule has 9 nitrogen and oxygen atoms in total. The largest absolute Gasteiger partial charge is 0.452 e. The van der Waals surface area contributed by atoms with Crippen molar-refractivity contribution < 1.29 is 23.8 Å². The second-order valence-electron chi connectivity index (χ2n) is 6.71. The van der Waals surface area contributed by atoms with E-state index in [1.54, 1.807) is 6.07 Å². The highest BCUT2D eigenvalue weighted by Gasteiger charge is 2.20. The van der Waals surface area contributed by atoms with E-state index >= 15 is 0 Å². The number of hydrogen-bond donors (Lipinski definition) is 1. The van der Waals surface area contributed by atoms with Crippen molar-refractivity contribution in [3.05, 3.63) is 51.2 Å². The summed E-state index contributed by atoms with van der Waals surface area (Å²) in [5, 5.41) is 17.1. The zero-order chi connectivity index (χ0) is 19.5. The average Bonchev–Trinajstić information content (AvgIpc) is 3.00. The first kappa shape index (κ1) is 19.1. The lowest BCUT2D eigenvalue weighted by Gasteiger charge is -2.12. The van der Waals surface area contributed by atoms with Crippen LogP contribution in [-0.4, -0.2) is 28.6 Å². The Morgan fingerprint density at radius 2 is 2.00 bits per heavy atom. The van der Waals surface area contributed by atoms with Crippen molar-refractivity contribution in [2.24, 2.45) is 0 Å². The van der Waals surface area contributed by atoms with E-state index in [0.29, 0.717) is 11.3 Å². The third-order valence-electron chi connectivity index (χ3n) is 3.50. The minimum atomic E-state index is -0.758. The number of benzene rings is 1. The summed E-state index contributed by atoms with van der Waals surface area (Å²) in [5.41, 5.74) is 0.790. The molecule has 1 aromatic carbocycles. The SMILES string of the molecule is Cc1cc(C(=O)OCC(=O)Nc2cc(C(C)(C)C)no2)ccc1[N+](=O)[O-]. The number of nitro groups is 1. The topological polar surface area (TPSA) is 125 Å². The highest BCUT2D eigenvalue weighted by atomic mass is 16.6. The van der Waals surface area contributed by atoms with Crippen LogP contribution >= 0.6 is 0 Å². The van der Waals surface area contributed by atoms with Crippen molar-refractivity contribution in [3.63, 3.8) is 0 Å². The molecule has 0 saturated heterocycles. The molecule has 0 radical (unpaired) electrons. The number of aromatic nitrogens is 1. The summed E-state index contributed by atoms with van der Waals surface area (Å²) < 4.78 is 9.93. The zero-order valence-corrected chi connectivity index (χ0v) is 14.9. The quantitative estimate of drug-likeness (QED) is 0.493. The Morgan fingerprint density at radius 1 is 1.31 bits per heavy atom. The molecule has 0 aliphatic carbocycles. The van der Waals surface area contributed by atoms with E-state index in [9.17, 15) is 19.7 Å². The minimum absolute atomic E-state index is 0.0979. The number of nitrogens with zero attached hydrogens (tertiary/aromatic N) is 2. The Bertz CT molecular complexity index is 850. The molecule has 0 spiro atoms. The molecule has 2 rings (SSSR count). The molecule has 0 unspecified atom stereocenters. The van der Waals surface area contributed by atoms with E-state index in [4.69, 9.17) is 9.26 Å². The van der Waals surface area contributed by atoms with Crippen LogP contribution in [0.3, 0.4) is 0 Å². The molecular formula is C17H19N3O6. The average molecular weight is 361 g/mol. The number of carbonyl (C=O) groups excluding carboxylic acids is 2. The number of nitro benzene ring substituents is 1. The fourth-order valence-electron chi connectivity index (χ4n) is 2.06. The van der Waals surface area contributed by atoms with E-state index in [0.717, 1.165) is 0 Å². The number of anilines is 1. The molecule has 1 N–H and O–H groups in total. The van der Waals surface area contributed by atoms with Crippen molar-refractivity contribution in [3.8, 4) is 0 Å². The van der Waals surface area contributed by atoms with Crippen molar-refractivity contribution in [1.82, 2.24) is 5.16 Å². The Hall–Kier alpha value is -3.23. The van der Waals surface area contributed by atoms with Gasteiger partial charge in [0.05, 0.1) is 16.2 Å². The first-order chi connectivity index (χ1) is 12.1. The Kier molecular flexibility index (Phi) is 5.39. The number of carbonyl (C=O) groups is 2. The molecular weight excluding hydrogens is 342 g/mol. The molecule has 0 bridgehead atoms. The molecule has 0 fully saturated rings. The van der Waals surface area contributed by atoms with Crippen LogP contribution in [0.4, 0.5) is 11.6 Å². The normalized spacial score (nSPS) is 11.1. The molecule has 1 heterocycles. The van der Waals surface area contributed by atoms with Gasteiger partial charge in [-0.1, -0.05) is 25.9 Å². The maximum Gasteiger partial charge on any atom is 0.338 e. The van der Waals surface area contributed by atoms with Crippen LogP contribution < -0.4 is 5.32 Å². The molecule has 0 saturated carbocycles. The van der Waals surface area contributed by atoms with Gasteiger partial charge < -0.3 is 9.26 Å². The van der Waals surface area contributed by atoms with Crippen LogP contribution in [0.15, 0.2) is 28.8 Å². The number of aryl methyl sites for hydroxylation is 1. The molecule has 1 amide bonds. The molecule has 0 atom stereocenters. The maximum absolute atomic E-state index is 12.0. The molecule has 9 heteroatoms. The highest BCUT2D eigenvalue weighted by molar-refractivity contribution is 5.95. The lowest BCUT2D eigenvalue weighted by molar-refractivity contribution is -0.385. The third kappa shape index (κ3) is 4.65. The Labute approximate surface area is 149 Å². The molecule has 1 aromatic heterocycles. The smallest absolute Gasteiger partial charge is 0.338 e. The van der Waals surface area contributed by atoms with Crippen LogP contribution in [0.25, 0.3) is 0 Å². The predicted molar refractivity (Wildman–Crippen MR) is 91.9 cm³/mol. The van der Waals surface area contributed by atoms with Gasteiger partial charge in [-0.05, 0) is 19.1 Å². The van der Waals surface area contributed by atoms with E-state index < -0.39 is 23.4 Å². The molecule has 0 aliphatic heterocycles. The van der Waals surface area contributed by atoms with E-state index in [1.165, 1.54) is 25.1 Å². The Morgan fingerprint density at radius 3 is 2.54 bits per heavy atom. The molecule has 26 heavy (non-hydrogen) atoms. The standard InChI is InChI=1S/C17H19N3O6/c1-10-7-11(5-6-12(10)20(23)24)16(22)25-9-14(21)18-15-8-13(19-26-15)17(2,3)4/h5-8H,9H2,1-4H3,(H,18,21). The van der Waals surface area contributed by atoms with Gasteiger partial charge in [-0.25, -0.2) is 4.79 Å². The van der Waals surface area contributed by atoms with Crippen LogP contribution in [0.2, 0.25) is 0 Å². The number of esters is 1. The summed E-state index contributed by atoms with van der Waals surface area (Å²) in [6.07, 6.45) is 0. The summed E-state index contributed by atoms with van der Waals surface area (Å²) >= 11 is 0. The van der Waals surface area contributed by atoms with Gasteiger partial charge in [-0.15, -0.1) is 0 Å². The predicted octanol–water partition coefficient (Wildman–Crippen LogP) is 2.98. The van der Waals surface area contributed by atoms with Crippen molar-refractivity contribution >= 4 is 23.4 Å². The van der Waals surface area contributed by atoms with Gasteiger partial charge in [-0.2, -0.15) is 0 Å². The Balaban J connectivity index is 1.93. The zero-order valence-electron chi connectivity index (χ0n) is 14.9. The lowest BCUT2D eigenvalue weighted by atomic mass is 9.92. The van der Waals surface area contributed by atoms with E-state index in [1.807, 2.05) is 20.8 Å². The first-order valence-electron chi connectivity index (χ1n) is 7.77. The van der Waals surface area contributed by atoms with Gasteiger partial charge in [0.1, 0.15) is 0 Å². The van der Waals surface area contributed by atoms with Gasteiger partial charge in [-0.3, -0.25) is 20.2 Å². The summed E-state index contributed by atoms with van der Waals surface area (Å²) in [6.45, 7) is 6.83. The molecule has 2 aromatic rings. The second kappa shape index (κ2) is 7.34. The summed E-state index contributed by atoms with van der Waals surface area (Å²) in [7, 11) is 0. The molecule has 0 aliphatic rings. The minimum Gasteiger partial charge on any atom is -0.452 e. The van der Waals surface area contributed by atoms with Crippen LogP contribution in [0.1, 0.15) is 42.4 Å². The third-order valence-corrected chi connectivity index (χ3v) is 3.50. The van der Waals surface area contributed by atoms with Gasteiger partial charge in [0.2, 0.25) is 5.88 Å². The van der Waals surface area contributed by atoms with Crippen molar-refractivity contribution in [2.45, 2.75) is 33.1 Å². The number of rotatable bonds is 5. The van der Waals surface area contributed by atoms with Crippen LogP contribution in [0, 0.1) is 17.0 Å². The summed E-state index contributed by atoms with van der Waals surface area (Å²) in [4.78, 5) is 34.1. The number of ether oxygens (including phenoxy) is 1. The number of nitrogens with one attached hydrogen (secondary N) is 1. The summed E-state index contributed by atoms with van der Waals surface area (Å²) in [6, 6.07) is 5.43. The number of hydrogen-bond acceptors (Lipinski definition) is 7. The fourth-order valence-corrected chi connectivity index (χ4v) is 2.06. The van der Waals surface area contributed by atoms with Gasteiger partial charge in [0, 0.05) is 23.1 Å². The highest BCUT2D eigenvalue weighted by Crippen LogP contribution is 2.23.